The van der Waals surface area contributed by atoms with E-state index >= 15 is 0 Å². The molecule has 2 atom stereocenters. The Morgan fingerprint density at radius 3 is 3.00 bits per heavy atom. The lowest BCUT2D eigenvalue weighted by molar-refractivity contribution is -0.131. The summed E-state index contributed by atoms with van der Waals surface area (Å²) in [6.07, 6.45) is 3.93. The maximum atomic E-state index is 14.8. The van der Waals surface area contributed by atoms with E-state index in [0.717, 1.165) is 18.4 Å². The molecule has 0 bridgehead atoms. The molecule has 2 amide bonds. The second-order valence-corrected chi connectivity index (χ2v) is 8.39. The summed E-state index contributed by atoms with van der Waals surface area (Å²) in [6.45, 7) is 3.88. The van der Waals surface area contributed by atoms with E-state index in [-0.39, 0.29) is 24.1 Å². The third-order valence-electron chi connectivity index (χ3n) is 6.27. The number of nitrogens with one attached hydrogen (secondary N) is 1. The maximum Gasteiger partial charge on any atom is 0.277 e. The monoisotopic (exact) mass is 386 g/mol. The Balaban J connectivity index is 1.39. The fourth-order valence-electron chi connectivity index (χ4n) is 4.35. The van der Waals surface area contributed by atoms with Crippen LogP contribution in [0.3, 0.4) is 0 Å². The van der Waals surface area contributed by atoms with Crippen molar-refractivity contribution in [1.82, 2.24) is 19.6 Å². The quantitative estimate of drug-likeness (QED) is 0.862. The van der Waals surface area contributed by atoms with Crippen LogP contribution in [0, 0.1) is 30.1 Å². The fraction of sp³-hybridized carbons (Fsp3) is 0.550. The van der Waals surface area contributed by atoms with E-state index in [1.165, 1.54) is 4.40 Å². The number of amides is 2. The second kappa shape index (κ2) is 6.27. The number of halogens is 1. The zero-order valence-corrected chi connectivity index (χ0v) is 15.8. The summed E-state index contributed by atoms with van der Waals surface area (Å²) in [4.78, 5) is 31.7. The van der Waals surface area contributed by atoms with Crippen LogP contribution in [0.15, 0.2) is 18.3 Å². The lowest BCUT2D eigenvalue weighted by atomic mass is 9.80. The van der Waals surface area contributed by atoms with Gasteiger partial charge in [-0.05, 0) is 37.3 Å². The van der Waals surface area contributed by atoms with Crippen LogP contribution >= 0.6 is 0 Å². The highest BCUT2D eigenvalue weighted by Crippen LogP contribution is 2.42. The number of aromatic nitrogens is 2. The van der Waals surface area contributed by atoms with Crippen molar-refractivity contribution in [1.29, 1.82) is 0 Å². The third-order valence-corrected chi connectivity index (χ3v) is 6.27. The van der Waals surface area contributed by atoms with Gasteiger partial charge in [0.25, 0.3) is 5.91 Å². The number of likely N-dealkylation sites (tertiary alicyclic amines) is 1. The number of aryl methyl sites for hydroxylation is 1. The molecule has 2 saturated heterocycles. The van der Waals surface area contributed by atoms with Crippen LogP contribution in [0.4, 0.5) is 4.39 Å². The van der Waals surface area contributed by atoms with Gasteiger partial charge in [-0.3, -0.25) is 14.0 Å². The van der Waals surface area contributed by atoms with Gasteiger partial charge in [0.1, 0.15) is 5.65 Å². The summed E-state index contributed by atoms with van der Waals surface area (Å²) in [5, 5.41) is 3.04. The maximum absolute atomic E-state index is 14.8. The number of ether oxygens (including phenoxy) is 1. The molecule has 0 aromatic carbocycles. The number of carbonyl (C=O) groups is 2. The highest BCUT2D eigenvalue weighted by Gasteiger charge is 2.57. The Labute approximate surface area is 161 Å². The molecule has 2 aliphatic heterocycles. The number of fused-ring (bicyclic) bond motifs is 2. The lowest BCUT2D eigenvalue weighted by Crippen LogP contribution is -2.47. The van der Waals surface area contributed by atoms with Crippen molar-refractivity contribution in [3.63, 3.8) is 0 Å². The van der Waals surface area contributed by atoms with E-state index in [1.54, 1.807) is 17.2 Å². The molecule has 0 unspecified atom stereocenters. The SMILES string of the molecule is Cc1ccc2nc(C(=O)N3C[C@H]4COC[C@@]4(C(=O)NCC4CC4)C3)c(F)n2c1. The summed E-state index contributed by atoms with van der Waals surface area (Å²) < 4.78 is 21.7. The van der Waals surface area contributed by atoms with Gasteiger partial charge in [-0.25, -0.2) is 4.98 Å². The Bertz CT molecular complexity index is 970. The average molecular weight is 386 g/mol. The highest BCUT2D eigenvalue weighted by molar-refractivity contribution is 5.95. The molecule has 4 heterocycles. The predicted molar refractivity (Wildman–Crippen MR) is 98.3 cm³/mol. The van der Waals surface area contributed by atoms with Gasteiger partial charge in [-0.15, -0.1) is 0 Å². The second-order valence-electron chi connectivity index (χ2n) is 8.39. The smallest absolute Gasteiger partial charge is 0.277 e. The topological polar surface area (TPSA) is 75.9 Å². The normalized spacial score (nSPS) is 26.6. The van der Waals surface area contributed by atoms with Gasteiger partial charge in [0.05, 0.1) is 18.6 Å². The summed E-state index contributed by atoms with van der Waals surface area (Å²) in [6, 6.07) is 3.52. The molecule has 3 aliphatic rings. The largest absolute Gasteiger partial charge is 0.380 e. The summed E-state index contributed by atoms with van der Waals surface area (Å²) in [5.74, 6) is -0.677. The number of hydrogen-bond donors (Lipinski definition) is 1. The Hall–Kier alpha value is -2.48. The van der Waals surface area contributed by atoms with Crippen LogP contribution in [0.1, 0.15) is 28.9 Å². The molecule has 5 rings (SSSR count). The zero-order chi connectivity index (χ0) is 19.5. The summed E-state index contributed by atoms with van der Waals surface area (Å²) in [7, 11) is 0. The first-order valence-corrected chi connectivity index (χ1v) is 9.77. The first-order chi connectivity index (χ1) is 13.5. The summed E-state index contributed by atoms with van der Waals surface area (Å²) >= 11 is 0. The minimum atomic E-state index is -0.739. The molecule has 8 heteroatoms. The molecule has 148 valence electrons. The minimum Gasteiger partial charge on any atom is -0.380 e. The fourth-order valence-corrected chi connectivity index (χ4v) is 4.35. The van der Waals surface area contributed by atoms with Crippen LogP contribution in [-0.2, 0) is 9.53 Å². The van der Waals surface area contributed by atoms with Gasteiger partial charge in [0.15, 0.2) is 5.69 Å². The molecule has 0 spiro atoms. The van der Waals surface area contributed by atoms with E-state index in [4.69, 9.17) is 4.74 Å². The van der Waals surface area contributed by atoms with Gasteiger partial charge in [-0.1, -0.05) is 6.07 Å². The Morgan fingerprint density at radius 2 is 2.21 bits per heavy atom. The number of rotatable bonds is 4. The number of imidazole rings is 1. The van der Waals surface area contributed by atoms with Crippen molar-refractivity contribution < 1.29 is 18.7 Å². The minimum absolute atomic E-state index is 0.0525. The molecule has 2 aromatic rings. The number of hydrogen-bond acceptors (Lipinski definition) is 4. The van der Waals surface area contributed by atoms with Crippen LogP contribution in [0.25, 0.3) is 5.65 Å². The Kier molecular flexibility index (Phi) is 3.94. The number of nitrogens with zero attached hydrogens (tertiary/aromatic N) is 3. The number of carbonyl (C=O) groups excluding carboxylic acids is 2. The standard InChI is InChI=1S/C20H23FN4O3/c1-12-2-5-15-23-16(17(21)25(15)7-12)18(26)24-8-14-9-28-11-20(14,10-24)19(27)22-6-13-3-4-13/h2,5,7,13-14H,3-4,6,8-11H2,1H3,(H,22,27)/t14-,20-/m0/s1. The average Bonchev–Trinajstić information content (AvgIpc) is 3.18. The molecule has 7 nitrogen and oxygen atoms in total. The van der Waals surface area contributed by atoms with E-state index < -0.39 is 17.3 Å². The van der Waals surface area contributed by atoms with E-state index in [9.17, 15) is 14.0 Å². The highest BCUT2D eigenvalue weighted by atomic mass is 19.1. The van der Waals surface area contributed by atoms with Crippen LogP contribution in [-0.4, -0.2) is 58.9 Å². The van der Waals surface area contributed by atoms with Crippen LogP contribution in [0.2, 0.25) is 0 Å². The zero-order valence-electron chi connectivity index (χ0n) is 15.8. The molecular formula is C20H23FN4O3. The molecule has 1 saturated carbocycles. The van der Waals surface area contributed by atoms with Crippen molar-refractivity contribution in [3.05, 3.63) is 35.5 Å². The first-order valence-electron chi connectivity index (χ1n) is 9.77. The van der Waals surface area contributed by atoms with Gasteiger partial charge in [0.2, 0.25) is 11.9 Å². The Morgan fingerprint density at radius 1 is 1.39 bits per heavy atom. The van der Waals surface area contributed by atoms with Crippen molar-refractivity contribution >= 4 is 17.5 Å². The van der Waals surface area contributed by atoms with Crippen LogP contribution in [0.5, 0.6) is 0 Å². The molecule has 1 aliphatic carbocycles. The molecular weight excluding hydrogens is 363 g/mol. The summed E-state index contributed by atoms with van der Waals surface area (Å²) in [5.41, 5.74) is 0.338. The molecule has 2 aromatic heterocycles. The van der Waals surface area contributed by atoms with Crippen molar-refractivity contribution in [3.8, 4) is 0 Å². The van der Waals surface area contributed by atoms with E-state index in [1.807, 2.05) is 13.0 Å². The lowest BCUT2D eigenvalue weighted by Gasteiger charge is -2.25. The molecule has 28 heavy (non-hydrogen) atoms. The predicted octanol–water partition coefficient (Wildman–Crippen LogP) is 1.40. The van der Waals surface area contributed by atoms with Gasteiger partial charge < -0.3 is 15.0 Å². The molecule has 3 fully saturated rings. The first kappa shape index (κ1) is 17.6. The molecule has 1 N–H and O–H groups in total. The van der Waals surface area contributed by atoms with Crippen LogP contribution < -0.4 is 5.32 Å². The van der Waals surface area contributed by atoms with Crippen molar-refractivity contribution in [2.45, 2.75) is 19.8 Å². The third kappa shape index (κ3) is 2.70. The van der Waals surface area contributed by atoms with Crippen molar-refractivity contribution in [2.24, 2.45) is 17.3 Å². The van der Waals surface area contributed by atoms with E-state index in [2.05, 4.69) is 10.3 Å². The van der Waals surface area contributed by atoms with Gasteiger partial charge in [-0.2, -0.15) is 4.39 Å². The van der Waals surface area contributed by atoms with Gasteiger partial charge in [0, 0.05) is 31.7 Å². The van der Waals surface area contributed by atoms with Gasteiger partial charge >= 0.3 is 0 Å². The number of pyridine rings is 1. The van der Waals surface area contributed by atoms with E-state index in [0.29, 0.717) is 37.9 Å². The molecule has 0 radical (unpaired) electrons. The van der Waals surface area contributed by atoms with Crippen molar-refractivity contribution in [2.75, 3.05) is 32.8 Å².